The van der Waals surface area contributed by atoms with Crippen LogP contribution in [0.1, 0.15) is 10.5 Å². The Kier molecular flexibility index (Phi) is 3.32. The Bertz CT molecular complexity index is 732. The summed E-state index contributed by atoms with van der Waals surface area (Å²) in [4.78, 5) is 23.9. The van der Waals surface area contributed by atoms with E-state index in [1.165, 1.54) is 0 Å². The van der Waals surface area contributed by atoms with E-state index in [4.69, 9.17) is 10.8 Å². The number of benzene rings is 1. The second kappa shape index (κ2) is 4.81. The molecule has 2 aromatic rings. The lowest BCUT2D eigenvalue weighted by Crippen LogP contribution is -2.01. The van der Waals surface area contributed by atoms with Gasteiger partial charge in [0.1, 0.15) is 15.8 Å². The molecule has 0 atom stereocenters. The highest BCUT2D eigenvalue weighted by Crippen LogP contribution is 2.36. The van der Waals surface area contributed by atoms with E-state index in [1.54, 1.807) is 0 Å². The molecule has 2 rings (SSSR count). The smallest absolute Gasteiger partial charge is 0.357 e. The van der Waals surface area contributed by atoms with Crippen LogP contribution in [0.25, 0.3) is 10.6 Å². The standard InChI is InChI=1S/C10H5F2N3O4S/c11-3-1-2-4(15(18)19)6(12)5(3)9-14-7(10(16)17)8(13)20-9/h1-2H,13H2,(H,16,17). The number of aromatic carboxylic acids is 1. The van der Waals surface area contributed by atoms with E-state index in [-0.39, 0.29) is 10.0 Å². The molecule has 0 radical (unpaired) electrons. The minimum absolute atomic E-state index is 0.252. The quantitative estimate of drug-likeness (QED) is 0.663. The van der Waals surface area contributed by atoms with E-state index in [0.717, 1.165) is 0 Å². The fraction of sp³-hybridized carbons (Fsp3) is 0. The van der Waals surface area contributed by atoms with Crippen molar-refractivity contribution in [3.8, 4) is 10.6 Å². The molecule has 0 amide bonds. The first kappa shape index (κ1) is 13.8. The third-order valence-corrected chi connectivity index (χ3v) is 3.24. The average molecular weight is 301 g/mol. The van der Waals surface area contributed by atoms with Gasteiger partial charge in [0, 0.05) is 6.07 Å². The van der Waals surface area contributed by atoms with Gasteiger partial charge in [-0.1, -0.05) is 11.3 Å². The van der Waals surface area contributed by atoms with Crippen LogP contribution in [0.5, 0.6) is 0 Å². The Labute approximate surface area is 113 Å². The van der Waals surface area contributed by atoms with Crippen LogP contribution in [0.15, 0.2) is 12.1 Å². The molecule has 1 heterocycles. The first-order valence-corrected chi connectivity index (χ1v) is 5.77. The van der Waals surface area contributed by atoms with E-state index in [0.29, 0.717) is 23.5 Å². The number of nitrogens with zero attached hydrogens (tertiary/aromatic N) is 2. The molecule has 0 unspecified atom stereocenters. The van der Waals surface area contributed by atoms with Gasteiger partial charge < -0.3 is 10.8 Å². The fourth-order valence-corrected chi connectivity index (χ4v) is 2.33. The van der Waals surface area contributed by atoms with Crippen molar-refractivity contribution in [1.29, 1.82) is 0 Å². The van der Waals surface area contributed by atoms with Gasteiger partial charge in [0.2, 0.25) is 5.82 Å². The van der Waals surface area contributed by atoms with Crippen LogP contribution >= 0.6 is 11.3 Å². The number of nitro benzene ring substituents is 1. The number of nitrogens with two attached hydrogens (primary N) is 1. The summed E-state index contributed by atoms with van der Waals surface area (Å²) in [5, 5.41) is 18.8. The number of hydrogen-bond acceptors (Lipinski definition) is 6. The molecule has 0 fully saturated rings. The number of carboxylic acid groups (broad SMARTS) is 1. The van der Waals surface area contributed by atoms with Gasteiger partial charge in [0.05, 0.1) is 10.5 Å². The molecular weight excluding hydrogens is 296 g/mol. The Morgan fingerprint density at radius 3 is 2.60 bits per heavy atom. The van der Waals surface area contributed by atoms with Crippen LogP contribution < -0.4 is 5.73 Å². The molecule has 1 aromatic carbocycles. The maximum absolute atomic E-state index is 13.9. The average Bonchev–Trinajstić information content (AvgIpc) is 2.70. The topological polar surface area (TPSA) is 119 Å². The number of carboxylic acids is 1. The second-order valence-corrected chi connectivity index (χ2v) is 4.58. The molecule has 0 aliphatic rings. The Hall–Kier alpha value is -2.62. The molecule has 0 spiro atoms. The lowest BCUT2D eigenvalue weighted by atomic mass is 10.2. The van der Waals surface area contributed by atoms with Crippen molar-refractivity contribution in [2.75, 3.05) is 5.73 Å². The monoisotopic (exact) mass is 301 g/mol. The van der Waals surface area contributed by atoms with Crippen LogP contribution in [0.2, 0.25) is 0 Å². The lowest BCUT2D eigenvalue weighted by Gasteiger charge is -2.01. The van der Waals surface area contributed by atoms with E-state index in [2.05, 4.69) is 4.98 Å². The molecular formula is C10H5F2N3O4S. The Morgan fingerprint density at radius 1 is 1.45 bits per heavy atom. The largest absolute Gasteiger partial charge is 0.476 e. The molecule has 0 saturated heterocycles. The number of nitrogen functional groups attached to an aromatic ring is 1. The summed E-state index contributed by atoms with van der Waals surface area (Å²) < 4.78 is 27.5. The fourth-order valence-electron chi connectivity index (χ4n) is 1.47. The summed E-state index contributed by atoms with van der Waals surface area (Å²) in [7, 11) is 0. The summed E-state index contributed by atoms with van der Waals surface area (Å²) in [5.41, 5.74) is 3.10. The van der Waals surface area contributed by atoms with Crippen LogP contribution in [-0.2, 0) is 0 Å². The van der Waals surface area contributed by atoms with Crippen molar-refractivity contribution in [3.05, 3.63) is 39.6 Å². The zero-order valence-electron chi connectivity index (χ0n) is 9.46. The van der Waals surface area contributed by atoms with E-state index >= 15 is 0 Å². The minimum Gasteiger partial charge on any atom is -0.476 e. The van der Waals surface area contributed by atoms with Gasteiger partial charge in [0.25, 0.3) is 0 Å². The van der Waals surface area contributed by atoms with Crippen molar-refractivity contribution < 1.29 is 23.6 Å². The first-order chi connectivity index (χ1) is 9.32. The van der Waals surface area contributed by atoms with Gasteiger partial charge in [-0.2, -0.15) is 4.39 Å². The van der Waals surface area contributed by atoms with E-state index in [9.17, 15) is 23.7 Å². The predicted octanol–water partition coefficient (Wildman–Crippen LogP) is 2.28. The van der Waals surface area contributed by atoms with Gasteiger partial charge in [-0.3, -0.25) is 10.1 Å². The zero-order chi connectivity index (χ0) is 15.0. The maximum Gasteiger partial charge on any atom is 0.357 e. The van der Waals surface area contributed by atoms with Crippen LogP contribution in [0.4, 0.5) is 19.5 Å². The summed E-state index contributed by atoms with van der Waals surface area (Å²) in [6, 6.07) is 1.37. The number of halogens is 2. The predicted molar refractivity (Wildman–Crippen MR) is 65.5 cm³/mol. The van der Waals surface area contributed by atoms with Crippen molar-refractivity contribution >= 4 is 28.0 Å². The molecule has 7 nitrogen and oxygen atoms in total. The van der Waals surface area contributed by atoms with Gasteiger partial charge in [-0.25, -0.2) is 14.2 Å². The first-order valence-electron chi connectivity index (χ1n) is 4.95. The number of carbonyl (C=O) groups is 1. The third kappa shape index (κ3) is 2.16. The number of nitro groups is 1. The molecule has 10 heteroatoms. The highest BCUT2D eigenvalue weighted by molar-refractivity contribution is 7.19. The van der Waals surface area contributed by atoms with Crippen molar-refractivity contribution in [2.24, 2.45) is 0 Å². The molecule has 0 aliphatic carbocycles. The van der Waals surface area contributed by atoms with Crippen LogP contribution in [0.3, 0.4) is 0 Å². The summed E-state index contributed by atoms with van der Waals surface area (Å²) in [6.07, 6.45) is 0. The minimum atomic E-state index is -1.46. The number of anilines is 1. The molecule has 104 valence electrons. The van der Waals surface area contributed by atoms with E-state index < -0.39 is 39.5 Å². The summed E-state index contributed by atoms with van der Waals surface area (Å²) >= 11 is 0.528. The lowest BCUT2D eigenvalue weighted by molar-refractivity contribution is -0.387. The molecule has 0 saturated carbocycles. The molecule has 20 heavy (non-hydrogen) atoms. The molecule has 0 bridgehead atoms. The number of hydrogen-bond donors (Lipinski definition) is 2. The second-order valence-electron chi connectivity index (χ2n) is 3.55. The van der Waals surface area contributed by atoms with Crippen LogP contribution in [-0.4, -0.2) is 21.0 Å². The highest BCUT2D eigenvalue weighted by Gasteiger charge is 2.26. The van der Waals surface area contributed by atoms with Gasteiger partial charge in [-0.15, -0.1) is 0 Å². The van der Waals surface area contributed by atoms with Crippen LogP contribution in [0, 0.1) is 21.7 Å². The normalized spacial score (nSPS) is 10.5. The zero-order valence-corrected chi connectivity index (χ0v) is 10.3. The number of aromatic nitrogens is 1. The maximum atomic E-state index is 13.9. The third-order valence-electron chi connectivity index (χ3n) is 2.34. The molecule has 0 aliphatic heterocycles. The highest BCUT2D eigenvalue weighted by atomic mass is 32.1. The molecule has 3 N–H and O–H groups in total. The molecule has 1 aromatic heterocycles. The van der Waals surface area contributed by atoms with Crippen molar-refractivity contribution in [2.45, 2.75) is 0 Å². The van der Waals surface area contributed by atoms with Gasteiger partial charge in [-0.05, 0) is 6.07 Å². The van der Waals surface area contributed by atoms with Crippen molar-refractivity contribution in [3.63, 3.8) is 0 Å². The SMILES string of the molecule is Nc1sc(-c2c(F)ccc([N+](=O)[O-])c2F)nc1C(=O)O. The Balaban J connectivity index is 2.69. The summed E-state index contributed by atoms with van der Waals surface area (Å²) in [6.45, 7) is 0. The number of thiazole rings is 1. The Morgan fingerprint density at radius 2 is 2.10 bits per heavy atom. The van der Waals surface area contributed by atoms with Gasteiger partial charge in [0.15, 0.2) is 5.69 Å². The number of rotatable bonds is 3. The van der Waals surface area contributed by atoms with E-state index in [1.807, 2.05) is 0 Å². The van der Waals surface area contributed by atoms with Crippen molar-refractivity contribution in [1.82, 2.24) is 4.98 Å². The van der Waals surface area contributed by atoms with Gasteiger partial charge >= 0.3 is 11.7 Å². The summed E-state index contributed by atoms with van der Waals surface area (Å²) in [5.74, 6) is -3.99.